The molecule has 5 rings (SSSR count). The van der Waals surface area contributed by atoms with E-state index in [-0.39, 0.29) is 23.9 Å². The van der Waals surface area contributed by atoms with Crippen molar-refractivity contribution in [1.82, 2.24) is 14.8 Å². The number of aromatic nitrogens is 1. The minimum Gasteiger partial charge on any atom is -0.459 e. The summed E-state index contributed by atoms with van der Waals surface area (Å²) in [6, 6.07) is 9.67. The van der Waals surface area contributed by atoms with Crippen LogP contribution in [-0.2, 0) is 22.7 Å². The molecule has 1 saturated heterocycles. The second-order valence-corrected chi connectivity index (χ2v) is 9.21. The monoisotopic (exact) mass is 459 g/mol. The number of carbonyl (C=O) groups excluding carboxylic acids is 2. The molecule has 8 heteroatoms. The molecule has 2 aliphatic heterocycles. The number of furan rings is 1. The molecule has 1 fully saturated rings. The van der Waals surface area contributed by atoms with Crippen LogP contribution in [-0.4, -0.2) is 52.3 Å². The average molecular weight is 460 g/mol. The fourth-order valence-corrected chi connectivity index (χ4v) is 4.74. The zero-order valence-electron chi connectivity index (χ0n) is 19.5. The number of hydrogen-bond acceptors (Lipinski definition) is 6. The van der Waals surface area contributed by atoms with Gasteiger partial charge < -0.3 is 20.4 Å². The lowest BCUT2D eigenvalue weighted by atomic mass is 9.97. The molecule has 2 aliphatic rings. The van der Waals surface area contributed by atoms with E-state index in [4.69, 9.17) is 10.2 Å². The second-order valence-electron chi connectivity index (χ2n) is 9.21. The van der Waals surface area contributed by atoms with Crippen LogP contribution in [0.4, 0.5) is 5.82 Å². The lowest BCUT2D eigenvalue weighted by molar-refractivity contribution is -0.125. The third-order valence-corrected chi connectivity index (χ3v) is 6.78. The van der Waals surface area contributed by atoms with Gasteiger partial charge in [-0.15, -0.1) is 0 Å². The standard InChI is InChI=1S/C26H29N5O3/c1-16-20-5-3-4-6-22(20)34-23(16)15-30(2)24(32)8-7-17-11-18-14-31-10-9-19(27)12-21(31)26(33)29-25(18)28-13-17/h3-8,11,13,19,21H,9-10,12,14-15,27H2,1-2H3,(H,28,29,33)/b8-7+. The quantitative estimate of drug-likeness (QED) is 0.581. The lowest BCUT2D eigenvalue weighted by Gasteiger charge is -2.35. The molecule has 0 saturated carbocycles. The summed E-state index contributed by atoms with van der Waals surface area (Å²) in [4.78, 5) is 33.6. The maximum atomic E-state index is 12.8. The number of likely N-dealkylation sites (N-methyl/N-ethyl adjacent to an activating group) is 1. The van der Waals surface area contributed by atoms with E-state index in [1.165, 1.54) is 0 Å². The van der Waals surface area contributed by atoms with Gasteiger partial charge in [-0.2, -0.15) is 0 Å². The van der Waals surface area contributed by atoms with Gasteiger partial charge in [0.2, 0.25) is 11.8 Å². The third-order valence-electron chi connectivity index (χ3n) is 6.78. The topological polar surface area (TPSA) is 105 Å². The van der Waals surface area contributed by atoms with Gasteiger partial charge in [0.15, 0.2) is 0 Å². The Morgan fingerprint density at radius 3 is 3.03 bits per heavy atom. The Kier molecular flexibility index (Phi) is 5.93. The SMILES string of the molecule is Cc1c(CN(C)C(=O)/C=C/c2cnc3c(c2)CN2CCC(N)CC2C(=O)N3)oc2ccccc12. The first-order chi connectivity index (χ1) is 16.4. The van der Waals surface area contributed by atoms with E-state index in [1.807, 2.05) is 37.3 Å². The van der Waals surface area contributed by atoms with Gasteiger partial charge in [-0.1, -0.05) is 18.2 Å². The molecule has 4 heterocycles. The first-order valence-electron chi connectivity index (χ1n) is 11.6. The summed E-state index contributed by atoms with van der Waals surface area (Å²) < 4.78 is 5.94. The summed E-state index contributed by atoms with van der Waals surface area (Å²) >= 11 is 0. The van der Waals surface area contributed by atoms with Crippen molar-refractivity contribution >= 4 is 34.7 Å². The molecule has 0 radical (unpaired) electrons. The minimum atomic E-state index is -0.228. The summed E-state index contributed by atoms with van der Waals surface area (Å²) in [5, 5.41) is 4.00. The summed E-state index contributed by atoms with van der Waals surface area (Å²) in [6.45, 7) is 3.80. The fraction of sp³-hybridized carbons (Fsp3) is 0.346. The zero-order chi connectivity index (χ0) is 23.8. The van der Waals surface area contributed by atoms with E-state index in [0.29, 0.717) is 25.3 Å². The van der Waals surface area contributed by atoms with Crippen LogP contribution in [0, 0.1) is 6.92 Å². The van der Waals surface area contributed by atoms with Crippen LogP contribution in [0.25, 0.3) is 17.0 Å². The number of nitrogens with one attached hydrogen (secondary N) is 1. The van der Waals surface area contributed by atoms with E-state index in [1.54, 1.807) is 30.3 Å². The Labute approximate surface area is 198 Å². The van der Waals surface area contributed by atoms with Crippen molar-refractivity contribution in [2.45, 2.75) is 44.9 Å². The number of aryl methyl sites for hydroxylation is 1. The number of piperidine rings is 1. The maximum Gasteiger partial charge on any atom is 0.246 e. The molecular weight excluding hydrogens is 430 g/mol. The number of carbonyl (C=O) groups is 2. The van der Waals surface area contributed by atoms with Crippen molar-refractivity contribution in [2.75, 3.05) is 18.9 Å². The van der Waals surface area contributed by atoms with Gasteiger partial charge in [0.25, 0.3) is 0 Å². The van der Waals surface area contributed by atoms with Crippen LogP contribution in [0.5, 0.6) is 0 Å². The Morgan fingerprint density at radius 1 is 1.38 bits per heavy atom. The number of para-hydroxylation sites is 1. The highest BCUT2D eigenvalue weighted by molar-refractivity contribution is 5.96. The first kappa shape index (κ1) is 22.3. The third kappa shape index (κ3) is 4.34. The Hall–Kier alpha value is -3.49. The lowest BCUT2D eigenvalue weighted by Crippen LogP contribution is -2.50. The molecule has 3 aromatic rings. The van der Waals surface area contributed by atoms with Gasteiger partial charge in [0.05, 0.1) is 12.6 Å². The number of rotatable bonds is 4. The Bertz CT molecular complexity index is 1280. The zero-order valence-corrected chi connectivity index (χ0v) is 19.5. The number of nitrogens with two attached hydrogens (primary N) is 1. The van der Waals surface area contributed by atoms with Crippen LogP contribution in [0.2, 0.25) is 0 Å². The van der Waals surface area contributed by atoms with Crippen molar-refractivity contribution in [1.29, 1.82) is 0 Å². The Balaban J connectivity index is 1.28. The normalized spacial score (nSPS) is 20.6. The highest BCUT2D eigenvalue weighted by atomic mass is 16.3. The van der Waals surface area contributed by atoms with Crippen LogP contribution in [0.3, 0.4) is 0 Å². The predicted octanol–water partition coefficient (Wildman–Crippen LogP) is 3.05. The van der Waals surface area contributed by atoms with Gasteiger partial charge >= 0.3 is 0 Å². The summed E-state index contributed by atoms with van der Waals surface area (Å²) in [5.74, 6) is 1.17. The molecule has 3 N–H and O–H groups in total. The molecule has 1 aromatic carbocycles. The van der Waals surface area contributed by atoms with Crippen molar-refractivity contribution in [3.63, 3.8) is 0 Å². The summed E-state index contributed by atoms with van der Waals surface area (Å²) in [5.41, 5.74) is 9.70. The molecule has 2 atom stereocenters. The molecule has 8 nitrogen and oxygen atoms in total. The van der Waals surface area contributed by atoms with Crippen LogP contribution in [0.1, 0.15) is 35.3 Å². The van der Waals surface area contributed by atoms with E-state index in [2.05, 4.69) is 15.2 Å². The van der Waals surface area contributed by atoms with Gasteiger partial charge in [-0.25, -0.2) is 4.98 Å². The highest BCUT2D eigenvalue weighted by Crippen LogP contribution is 2.28. The molecule has 34 heavy (non-hydrogen) atoms. The van der Waals surface area contributed by atoms with E-state index in [0.717, 1.165) is 46.4 Å². The number of benzene rings is 1. The van der Waals surface area contributed by atoms with Crippen molar-refractivity contribution in [3.8, 4) is 0 Å². The maximum absolute atomic E-state index is 12.8. The molecule has 2 aromatic heterocycles. The number of fused-ring (bicyclic) bond motifs is 3. The molecule has 2 unspecified atom stereocenters. The summed E-state index contributed by atoms with van der Waals surface area (Å²) in [7, 11) is 1.76. The number of nitrogens with zero attached hydrogens (tertiary/aromatic N) is 3. The van der Waals surface area contributed by atoms with E-state index < -0.39 is 0 Å². The van der Waals surface area contributed by atoms with Crippen molar-refractivity contribution in [3.05, 3.63) is 65.1 Å². The van der Waals surface area contributed by atoms with E-state index in [9.17, 15) is 9.59 Å². The van der Waals surface area contributed by atoms with Gasteiger partial charge in [0, 0.05) is 55.0 Å². The minimum absolute atomic E-state index is 0.0472. The number of amides is 2. The van der Waals surface area contributed by atoms with Gasteiger partial charge in [0.1, 0.15) is 17.2 Å². The highest BCUT2D eigenvalue weighted by Gasteiger charge is 2.35. The van der Waals surface area contributed by atoms with E-state index >= 15 is 0 Å². The molecule has 0 bridgehead atoms. The molecule has 0 aliphatic carbocycles. The van der Waals surface area contributed by atoms with Crippen molar-refractivity contribution < 1.29 is 14.0 Å². The van der Waals surface area contributed by atoms with Crippen LogP contribution >= 0.6 is 0 Å². The summed E-state index contributed by atoms with van der Waals surface area (Å²) in [6.07, 6.45) is 6.49. The molecule has 176 valence electrons. The van der Waals surface area contributed by atoms with Crippen molar-refractivity contribution in [2.24, 2.45) is 5.73 Å². The first-order valence-corrected chi connectivity index (χ1v) is 11.6. The number of pyridine rings is 1. The predicted molar refractivity (Wildman–Crippen MR) is 131 cm³/mol. The smallest absolute Gasteiger partial charge is 0.246 e. The van der Waals surface area contributed by atoms with Gasteiger partial charge in [-0.3, -0.25) is 14.5 Å². The van der Waals surface area contributed by atoms with Crippen LogP contribution < -0.4 is 11.1 Å². The fourth-order valence-electron chi connectivity index (χ4n) is 4.74. The molecule has 0 spiro atoms. The number of anilines is 1. The number of hydrogen-bond donors (Lipinski definition) is 2. The second kappa shape index (κ2) is 9.04. The average Bonchev–Trinajstić information content (AvgIpc) is 3.07. The van der Waals surface area contributed by atoms with Gasteiger partial charge in [-0.05, 0) is 43.5 Å². The molecular formula is C26H29N5O3. The molecule has 2 amide bonds. The Morgan fingerprint density at radius 2 is 2.21 bits per heavy atom. The van der Waals surface area contributed by atoms with Crippen LogP contribution in [0.15, 0.2) is 47.0 Å². The largest absolute Gasteiger partial charge is 0.459 e.